The fourth-order valence-electron chi connectivity index (χ4n) is 1.96. The second-order valence-electron chi connectivity index (χ2n) is 4.17. The van der Waals surface area contributed by atoms with Crippen molar-refractivity contribution in [3.63, 3.8) is 0 Å². The van der Waals surface area contributed by atoms with Crippen LogP contribution in [0.2, 0.25) is 0 Å². The third-order valence-corrected chi connectivity index (χ3v) is 2.96. The zero-order chi connectivity index (χ0) is 13.3. The molecular weight excluding hydrogens is 230 g/mol. The molecule has 0 fully saturated rings. The second kappa shape index (κ2) is 4.64. The monoisotopic (exact) mass is 245 g/mol. The molecule has 0 aliphatic carbocycles. The number of ether oxygens (including phenoxy) is 1. The summed E-state index contributed by atoms with van der Waals surface area (Å²) in [5.74, 6) is -0.489. The Morgan fingerprint density at radius 1 is 1.33 bits per heavy atom. The molecule has 1 heterocycles. The Hall–Kier alpha value is -2.10. The molecule has 0 saturated carbocycles. The number of hydrogen-bond donors (Lipinski definition) is 1. The van der Waals surface area contributed by atoms with Gasteiger partial charge >= 0.3 is 5.97 Å². The number of H-pyrrole nitrogens is 1. The van der Waals surface area contributed by atoms with Gasteiger partial charge in [0.2, 0.25) is 0 Å². The number of esters is 1. The predicted octanol–water partition coefficient (Wildman–Crippen LogP) is 2.32. The summed E-state index contributed by atoms with van der Waals surface area (Å²) in [6.45, 7) is 5.54. The highest BCUT2D eigenvalue weighted by molar-refractivity contribution is 5.93. The summed E-state index contributed by atoms with van der Waals surface area (Å²) in [4.78, 5) is 27.0. The van der Waals surface area contributed by atoms with Gasteiger partial charge in [-0.05, 0) is 32.4 Å². The molecular formula is C14H15NO3. The van der Waals surface area contributed by atoms with Crippen LogP contribution in [0.1, 0.15) is 28.5 Å². The summed E-state index contributed by atoms with van der Waals surface area (Å²) in [5, 5.41) is 0.598. The molecule has 0 aliphatic rings. The Kier molecular flexibility index (Phi) is 3.19. The summed E-state index contributed by atoms with van der Waals surface area (Å²) in [7, 11) is 0. The average Bonchev–Trinajstić information content (AvgIpc) is 2.34. The molecule has 0 bridgehead atoms. The minimum Gasteiger partial charge on any atom is -0.461 e. The maximum absolute atomic E-state index is 12.2. The zero-order valence-corrected chi connectivity index (χ0v) is 10.7. The lowest BCUT2D eigenvalue weighted by Gasteiger charge is -2.09. The lowest BCUT2D eigenvalue weighted by molar-refractivity contribution is 0.0519. The largest absolute Gasteiger partial charge is 0.461 e. The van der Waals surface area contributed by atoms with Crippen LogP contribution in [-0.2, 0) is 4.74 Å². The van der Waals surface area contributed by atoms with Crippen LogP contribution < -0.4 is 5.43 Å². The third-order valence-electron chi connectivity index (χ3n) is 2.96. The zero-order valence-electron chi connectivity index (χ0n) is 10.7. The summed E-state index contributed by atoms with van der Waals surface area (Å²) < 4.78 is 4.94. The Labute approximate surface area is 105 Å². The number of aromatic amines is 1. The molecule has 1 N–H and O–H groups in total. The number of rotatable bonds is 2. The number of carbonyl (C=O) groups is 1. The van der Waals surface area contributed by atoms with Crippen molar-refractivity contribution in [2.75, 3.05) is 6.61 Å². The molecule has 2 rings (SSSR count). The smallest absolute Gasteiger partial charge is 0.355 e. The predicted molar refractivity (Wildman–Crippen MR) is 70.0 cm³/mol. The first-order valence-electron chi connectivity index (χ1n) is 5.85. The van der Waals surface area contributed by atoms with Gasteiger partial charge in [-0.3, -0.25) is 4.79 Å². The van der Waals surface area contributed by atoms with Crippen LogP contribution >= 0.6 is 0 Å². The van der Waals surface area contributed by atoms with Gasteiger partial charge in [0.1, 0.15) is 5.69 Å². The van der Waals surface area contributed by atoms with E-state index in [1.165, 1.54) is 0 Å². The first kappa shape index (κ1) is 12.4. The Balaban J connectivity index is 2.77. The van der Waals surface area contributed by atoms with Crippen molar-refractivity contribution in [2.24, 2.45) is 0 Å². The molecule has 18 heavy (non-hydrogen) atoms. The molecule has 0 spiro atoms. The van der Waals surface area contributed by atoms with Crippen LogP contribution in [0.3, 0.4) is 0 Å². The molecule has 0 unspecified atom stereocenters. The van der Waals surface area contributed by atoms with E-state index in [4.69, 9.17) is 4.74 Å². The first-order chi connectivity index (χ1) is 8.56. The van der Waals surface area contributed by atoms with Gasteiger partial charge < -0.3 is 9.72 Å². The van der Waals surface area contributed by atoms with Gasteiger partial charge in [0.25, 0.3) is 0 Å². The molecule has 1 aromatic heterocycles. The first-order valence-corrected chi connectivity index (χ1v) is 5.85. The van der Waals surface area contributed by atoms with E-state index in [0.717, 1.165) is 5.56 Å². The summed E-state index contributed by atoms with van der Waals surface area (Å²) >= 11 is 0. The molecule has 2 aromatic rings. The Morgan fingerprint density at radius 2 is 2.06 bits per heavy atom. The van der Waals surface area contributed by atoms with Crippen LogP contribution in [0.15, 0.2) is 23.0 Å². The number of aromatic nitrogens is 1. The maximum Gasteiger partial charge on any atom is 0.355 e. The highest BCUT2D eigenvalue weighted by Crippen LogP contribution is 2.15. The van der Waals surface area contributed by atoms with Gasteiger partial charge in [-0.15, -0.1) is 0 Å². The lowest BCUT2D eigenvalue weighted by Crippen LogP contribution is -2.17. The van der Waals surface area contributed by atoms with Crippen molar-refractivity contribution in [2.45, 2.75) is 20.8 Å². The van der Waals surface area contributed by atoms with Crippen LogP contribution in [0, 0.1) is 13.8 Å². The molecule has 1 aromatic carbocycles. The molecule has 0 amide bonds. The third kappa shape index (κ3) is 1.90. The maximum atomic E-state index is 12.2. The van der Waals surface area contributed by atoms with E-state index in [1.54, 1.807) is 19.9 Å². The highest BCUT2D eigenvalue weighted by atomic mass is 16.5. The van der Waals surface area contributed by atoms with Crippen molar-refractivity contribution in [1.82, 2.24) is 4.98 Å². The van der Waals surface area contributed by atoms with Crippen molar-refractivity contribution in [3.05, 3.63) is 45.2 Å². The molecule has 0 atom stereocenters. The summed E-state index contributed by atoms with van der Waals surface area (Å²) in [6.07, 6.45) is 0. The number of fused-ring (bicyclic) bond motifs is 1. The summed E-state index contributed by atoms with van der Waals surface area (Å²) in [6, 6.07) is 5.47. The standard InChI is InChI=1S/C14H15NO3/c1-4-18-14(17)12-9(3)13(16)10-7-5-6-8(2)11(10)15-12/h5-7H,4H2,1-3H3,(H,15,16). The van der Waals surface area contributed by atoms with E-state index in [1.807, 2.05) is 19.1 Å². The molecule has 0 aliphatic heterocycles. The van der Waals surface area contributed by atoms with Gasteiger partial charge in [-0.25, -0.2) is 4.79 Å². The lowest BCUT2D eigenvalue weighted by atomic mass is 10.1. The van der Waals surface area contributed by atoms with Crippen LogP contribution in [-0.4, -0.2) is 17.6 Å². The number of hydrogen-bond acceptors (Lipinski definition) is 3. The topological polar surface area (TPSA) is 59.2 Å². The van der Waals surface area contributed by atoms with Gasteiger partial charge in [-0.2, -0.15) is 0 Å². The fraction of sp³-hybridized carbons (Fsp3) is 0.286. The van der Waals surface area contributed by atoms with E-state index < -0.39 is 5.97 Å². The van der Waals surface area contributed by atoms with Crippen LogP contribution in [0.25, 0.3) is 10.9 Å². The van der Waals surface area contributed by atoms with Crippen molar-refractivity contribution in [1.29, 1.82) is 0 Å². The van der Waals surface area contributed by atoms with E-state index in [9.17, 15) is 9.59 Å². The van der Waals surface area contributed by atoms with E-state index >= 15 is 0 Å². The number of aryl methyl sites for hydroxylation is 1. The Bertz CT molecular complexity index is 671. The number of para-hydroxylation sites is 1. The number of pyridine rings is 1. The molecule has 4 nitrogen and oxygen atoms in total. The number of carbonyl (C=O) groups excluding carboxylic acids is 1. The van der Waals surface area contributed by atoms with E-state index in [-0.39, 0.29) is 17.7 Å². The quantitative estimate of drug-likeness (QED) is 0.826. The highest BCUT2D eigenvalue weighted by Gasteiger charge is 2.16. The van der Waals surface area contributed by atoms with Crippen LogP contribution in [0.4, 0.5) is 0 Å². The minimum atomic E-state index is -0.489. The minimum absolute atomic E-state index is 0.129. The van der Waals surface area contributed by atoms with Gasteiger partial charge in [0.05, 0.1) is 12.1 Å². The van der Waals surface area contributed by atoms with E-state index in [0.29, 0.717) is 16.5 Å². The number of benzene rings is 1. The van der Waals surface area contributed by atoms with Crippen molar-refractivity contribution in [3.8, 4) is 0 Å². The average molecular weight is 245 g/mol. The summed E-state index contributed by atoms with van der Waals surface area (Å²) in [5.41, 5.74) is 2.12. The van der Waals surface area contributed by atoms with Gasteiger partial charge in [0.15, 0.2) is 5.43 Å². The van der Waals surface area contributed by atoms with Gasteiger partial charge in [0, 0.05) is 10.9 Å². The van der Waals surface area contributed by atoms with Crippen LogP contribution in [0.5, 0.6) is 0 Å². The second-order valence-corrected chi connectivity index (χ2v) is 4.17. The SMILES string of the molecule is CCOC(=O)c1[nH]c2c(C)cccc2c(=O)c1C. The van der Waals surface area contributed by atoms with Crippen molar-refractivity contribution >= 4 is 16.9 Å². The van der Waals surface area contributed by atoms with Crippen molar-refractivity contribution < 1.29 is 9.53 Å². The Morgan fingerprint density at radius 3 is 2.72 bits per heavy atom. The fourth-order valence-corrected chi connectivity index (χ4v) is 1.96. The normalized spacial score (nSPS) is 10.6. The molecule has 4 heteroatoms. The molecule has 0 saturated heterocycles. The molecule has 0 radical (unpaired) electrons. The number of nitrogens with one attached hydrogen (secondary N) is 1. The van der Waals surface area contributed by atoms with Gasteiger partial charge in [-0.1, -0.05) is 12.1 Å². The molecule has 94 valence electrons. The van der Waals surface area contributed by atoms with E-state index in [2.05, 4.69) is 4.98 Å².